The number of hydrogen-bond donors (Lipinski definition) is 1. The summed E-state index contributed by atoms with van der Waals surface area (Å²) in [4.78, 5) is 17.8. The van der Waals surface area contributed by atoms with E-state index in [4.69, 9.17) is 14.5 Å². The summed E-state index contributed by atoms with van der Waals surface area (Å²) in [5, 5.41) is 12.6. The van der Waals surface area contributed by atoms with Gasteiger partial charge in [0.1, 0.15) is 5.75 Å². The summed E-state index contributed by atoms with van der Waals surface area (Å²) in [6.45, 7) is 1.46. The molecule has 3 aromatic rings. The number of rotatable bonds is 5. The number of nitrogens with zero attached hydrogens (tertiary/aromatic N) is 4. The molecule has 1 N–H and O–H groups in total. The number of carbonyl (C=O) groups excluding carboxylic acids is 1. The van der Waals surface area contributed by atoms with Gasteiger partial charge in [0.25, 0.3) is 15.9 Å². The van der Waals surface area contributed by atoms with E-state index in [1.807, 2.05) is 6.07 Å². The topological polar surface area (TPSA) is 138 Å². The zero-order valence-corrected chi connectivity index (χ0v) is 16.5. The molecule has 1 aromatic heterocycles. The van der Waals surface area contributed by atoms with E-state index in [2.05, 4.69) is 14.9 Å². The number of fused-ring (bicyclic) bond motifs is 1. The number of nitrogens with one attached hydrogen (secondary N) is 1. The number of ether oxygens (including phenoxy) is 1. The largest absolute Gasteiger partial charge is 0.482 e. The third-order valence-electron chi connectivity index (χ3n) is 4.32. The average molecular weight is 425 g/mol. The van der Waals surface area contributed by atoms with E-state index in [9.17, 15) is 13.2 Å². The Bertz CT molecular complexity index is 1260. The highest BCUT2D eigenvalue weighted by Gasteiger charge is 2.29. The Kier molecular flexibility index (Phi) is 4.85. The molecular formula is C19H15N5O5S. The minimum absolute atomic E-state index is 0.0130. The fourth-order valence-corrected chi connectivity index (χ4v) is 3.97. The fraction of sp³-hybridized carbons (Fsp3) is 0.158. The monoisotopic (exact) mass is 425 g/mol. The van der Waals surface area contributed by atoms with E-state index in [1.165, 1.54) is 47.4 Å². The van der Waals surface area contributed by atoms with Gasteiger partial charge in [-0.25, -0.2) is 8.42 Å². The van der Waals surface area contributed by atoms with Gasteiger partial charge in [-0.2, -0.15) is 10.2 Å². The van der Waals surface area contributed by atoms with Crippen molar-refractivity contribution in [1.82, 2.24) is 10.1 Å². The molecule has 0 spiro atoms. The highest BCUT2D eigenvalue weighted by Crippen LogP contribution is 2.35. The maximum absolute atomic E-state index is 12.8. The normalized spacial score (nSPS) is 13.3. The molecule has 0 fully saturated rings. The average Bonchev–Trinajstić information content (AvgIpc) is 3.15. The van der Waals surface area contributed by atoms with Crippen LogP contribution in [0.4, 0.5) is 11.4 Å². The SMILES string of the molecule is Cc1nc(CN2C(=O)COc3ccc(S(=O)(=O)Nc4ccc(C#N)cc4)cc32)no1. The molecule has 30 heavy (non-hydrogen) atoms. The summed E-state index contributed by atoms with van der Waals surface area (Å²) in [5.41, 5.74) is 1.00. The van der Waals surface area contributed by atoms with Crippen LogP contribution in [-0.4, -0.2) is 31.1 Å². The molecule has 2 aromatic carbocycles. The lowest BCUT2D eigenvalue weighted by atomic mass is 10.2. The van der Waals surface area contributed by atoms with Crippen LogP contribution in [0.25, 0.3) is 0 Å². The first kappa shape index (κ1) is 19.4. The number of aromatic nitrogens is 2. The van der Waals surface area contributed by atoms with Crippen molar-refractivity contribution in [3.63, 3.8) is 0 Å². The molecule has 10 nitrogen and oxygen atoms in total. The van der Waals surface area contributed by atoms with Crippen LogP contribution in [0.15, 0.2) is 51.9 Å². The molecule has 4 rings (SSSR count). The van der Waals surface area contributed by atoms with Gasteiger partial charge in [-0.1, -0.05) is 5.16 Å². The zero-order valence-electron chi connectivity index (χ0n) is 15.7. The molecule has 0 saturated heterocycles. The van der Waals surface area contributed by atoms with Crippen LogP contribution in [0.3, 0.4) is 0 Å². The molecule has 1 aliphatic rings. The summed E-state index contributed by atoms with van der Waals surface area (Å²) < 4.78 is 38.5. The fourth-order valence-electron chi connectivity index (χ4n) is 2.90. The molecule has 0 aliphatic carbocycles. The number of anilines is 2. The van der Waals surface area contributed by atoms with Crippen LogP contribution in [-0.2, 0) is 21.4 Å². The molecule has 1 amide bonds. The Morgan fingerprint density at radius 1 is 1.23 bits per heavy atom. The van der Waals surface area contributed by atoms with Crippen LogP contribution in [0.5, 0.6) is 5.75 Å². The molecule has 0 radical (unpaired) electrons. The minimum Gasteiger partial charge on any atom is -0.482 e. The molecule has 0 saturated carbocycles. The van der Waals surface area contributed by atoms with Crippen LogP contribution < -0.4 is 14.4 Å². The lowest BCUT2D eigenvalue weighted by Gasteiger charge is -2.28. The number of nitriles is 1. The maximum atomic E-state index is 12.8. The Morgan fingerprint density at radius 2 is 2.00 bits per heavy atom. The predicted molar refractivity (Wildman–Crippen MR) is 104 cm³/mol. The van der Waals surface area contributed by atoms with Crippen LogP contribution in [0, 0.1) is 18.3 Å². The summed E-state index contributed by atoms with van der Waals surface area (Å²) >= 11 is 0. The third kappa shape index (κ3) is 3.81. The van der Waals surface area contributed by atoms with Crippen molar-refractivity contribution in [2.24, 2.45) is 0 Å². The summed E-state index contributed by atoms with van der Waals surface area (Å²) in [6.07, 6.45) is 0. The quantitative estimate of drug-likeness (QED) is 0.655. The molecule has 0 unspecified atom stereocenters. The second-order valence-electron chi connectivity index (χ2n) is 6.42. The van der Waals surface area contributed by atoms with E-state index < -0.39 is 10.0 Å². The first-order valence-electron chi connectivity index (χ1n) is 8.75. The van der Waals surface area contributed by atoms with Crippen molar-refractivity contribution in [3.8, 4) is 11.8 Å². The lowest BCUT2D eigenvalue weighted by Crippen LogP contribution is -2.38. The smallest absolute Gasteiger partial charge is 0.265 e. The van der Waals surface area contributed by atoms with Crippen molar-refractivity contribution in [2.75, 3.05) is 16.2 Å². The molecule has 1 aliphatic heterocycles. The second-order valence-corrected chi connectivity index (χ2v) is 8.10. The molecule has 0 atom stereocenters. The summed E-state index contributed by atoms with van der Waals surface area (Å²) in [6, 6.07) is 12.2. The van der Waals surface area contributed by atoms with Crippen molar-refractivity contribution < 1.29 is 22.5 Å². The molecule has 0 bridgehead atoms. The Labute approximate surface area is 171 Å². The summed E-state index contributed by atoms with van der Waals surface area (Å²) in [5.74, 6) is 0.651. The van der Waals surface area contributed by atoms with Crippen molar-refractivity contribution in [1.29, 1.82) is 5.26 Å². The zero-order chi connectivity index (χ0) is 21.3. The molecule has 2 heterocycles. The van der Waals surface area contributed by atoms with Crippen molar-refractivity contribution in [2.45, 2.75) is 18.4 Å². The number of amides is 1. The van der Waals surface area contributed by atoms with E-state index in [0.717, 1.165) is 0 Å². The molecular weight excluding hydrogens is 410 g/mol. The van der Waals surface area contributed by atoms with Crippen LogP contribution in [0.2, 0.25) is 0 Å². The third-order valence-corrected chi connectivity index (χ3v) is 5.70. The van der Waals surface area contributed by atoms with Crippen molar-refractivity contribution in [3.05, 3.63) is 59.7 Å². The highest BCUT2D eigenvalue weighted by molar-refractivity contribution is 7.92. The number of benzene rings is 2. The first-order chi connectivity index (χ1) is 14.4. The predicted octanol–water partition coefficient (Wildman–Crippen LogP) is 1.98. The number of hydrogen-bond acceptors (Lipinski definition) is 8. The van der Waals surface area contributed by atoms with E-state index >= 15 is 0 Å². The van der Waals surface area contributed by atoms with Gasteiger partial charge in [0.2, 0.25) is 5.89 Å². The second kappa shape index (κ2) is 7.49. The van der Waals surface area contributed by atoms with E-state index in [-0.39, 0.29) is 35.5 Å². The lowest BCUT2D eigenvalue weighted by molar-refractivity contribution is -0.121. The summed E-state index contributed by atoms with van der Waals surface area (Å²) in [7, 11) is -3.95. The highest BCUT2D eigenvalue weighted by atomic mass is 32.2. The van der Waals surface area contributed by atoms with E-state index in [1.54, 1.807) is 6.92 Å². The van der Waals surface area contributed by atoms with Crippen molar-refractivity contribution >= 4 is 27.3 Å². The Morgan fingerprint density at radius 3 is 2.67 bits per heavy atom. The Hall–Kier alpha value is -3.91. The molecule has 11 heteroatoms. The Balaban J connectivity index is 1.65. The van der Waals surface area contributed by atoms with Gasteiger partial charge in [0.05, 0.1) is 28.8 Å². The number of sulfonamides is 1. The van der Waals surface area contributed by atoms with Gasteiger partial charge < -0.3 is 9.26 Å². The standard InChI is InChI=1S/C19H15N5O5S/c1-12-21-18(22-29-12)10-24-16-8-15(6-7-17(16)28-11-19(24)25)30(26,27)23-14-4-2-13(9-20)3-5-14/h2-8,23H,10-11H2,1H3. The first-order valence-corrected chi connectivity index (χ1v) is 10.2. The minimum atomic E-state index is -3.95. The number of carbonyl (C=O) groups is 1. The number of aryl methyl sites for hydroxylation is 1. The molecule has 152 valence electrons. The van der Waals surface area contributed by atoms with Gasteiger partial charge in [0, 0.05) is 12.6 Å². The maximum Gasteiger partial charge on any atom is 0.265 e. The van der Waals surface area contributed by atoms with Gasteiger partial charge in [0.15, 0.2) is 12.4 Å². The van der Waals surface area contributed by atoms with Gasteiger partial charge >= 0.3 is 0 Å². The van der Waals surface area contributed by atoms with Gasteiger partial charge in [-0.15, -0.1) is 0 Å². The van der Waals surface area contributed by atoms with Crippen LogP contribution in [0.1, 0.15) is 17.3 Å². The van der Waals surface area contributed by atoms with E-state index in [0.29, 0.717) is 22.9 Å². The van der Waals surface area contributed by atoms with Gasteiger partial charge in [-0.05, 0) is 42.5 Å². The van der Waals surface area contributed by atoms with Gasteiger partial charge in [-0.3, -0.25) is 14.4 Å². The van der Waals surface area contributed by atoms with Crippen LogP contribution >= 0.6 is 0 Å².